The number of alkyl halides is 1. The molecule has 188 valence electrons. The Hall–Kier alpha value is -0.530. The van der Waals surface area contributed by atoms with Crippen LogP contribution in [0, 0.1) is 46.8 Å². The van der Waals surface area contributed by atoms with Crippen LogP contribution in [-0.2, 0) is 14.8 Å². The maximum Gasteiger partial charge on any atom is 0.211 e. The van der Waals surface area contributed by atoms with Gasteiger partial charge in [0, 0.05) is 32.1 Å². The minimum absolute atomic E-state index is 0.134. The predicted octanol–water partition coefficient (Wildman–Crippen LogP) is 3.99. The summed E-state index contributed by atoms with van der Waals surface area (Å²) in [5, 5.41) is 0. The third kappa shape index (κ3) is 4.44. The van der Waals surface area contributed by atoms with Crippen LogP contribution in [0.15, 0.2) is 0 Å². The van der Waals surface area contributed by atoms with Crippen molar-refractivity contribution in [3.05, 3.63) is 0 Å². The van der Waals surface area contributed by atoms with Crippen molar-refractivity contribution in [1.29, 1.82) is 0 Å². The highest BCUT2D eigenvalue weighted by molar-refractivity contribution is 7.88. The van der Waals surface area contributed by atoms with Gasteiger partial charge in [-0.2, -0.15) is 4.31 Å². The second kappa shape index (κ2) is 9.16. The summed E-state index contributed by atoms with van der Waals surface area (Å²) in [6.07, 6.45) is 11.9. The molecule has 4 saturated carbocycles. The molecule has 5 fully saturated rings. The van der Waals surface area contributed by atoms with Crippen LogP contribution in [0.1, 0.15) is 64.7 Å². The molecule has 7 heteroatoms. The van der Waals surface area contributed by atoms with Gasteiger partial charge < -0.3 is 0 Å². The van der Waals surface area contributed by atoms with Gasteiger partial charge in [0.05, 0.1) is 19.5 Å². The molecule has 0 radical (unpaired) electrons. The number of hydrogen-bond donors (Lipinski definition) is 0. The number of carbonyl (C=O) groups is 1. The van der Waals surface area contributed by atoms with Gasteiger partial charge in [-0.25, -0.2) is 8.42 Å². The number of halogens is 1. The molecule has 0 aromatic carbocycles. The molecule has 0 amide bonds. The smallest absolute Gasteiger partial charge is 0.211 e. The molecule has 0 bridgehead atoms. The Morgan fingerprint density at radius 3 is 2.36 bits per heavy atom. The molecular formula is C26H43FN2O3S. The van der Waals surface area contributed by atoms with Gasteiger partial charge in [-0.05, 0) is 98.7 Å². The zero-order valence-corrected chi connectivity index (χ0v) is 21.4. The highest BCUT2D eigenvalue weighted by Gasteiger charge is 2.58. The number of carbonyl (C=O) groups excluding carboxylic acids is 1. The molecule has 1 aliphatic heterocycles. The first-order valence-corrected chi connectivity index (χ1v) is 15.3. The Bertz CT molecular complexity index is 842. The first kappa shape index (κ1) is 24.2. The number of rotatable bonds is 5. The number of Topliss-reactive ketones (excluding diaryl/α,β-unsaturated/α-hetero) is 1. The highest BCUT2D eigenvalue weighted by atomic mass is 32.2. The summed E-state index contributed by atoms with van der Waals surface area (Å²) in [4.78, 5) is 15.7. The van der Waals surface area contributed by atoms with Crippen LogP contribution in [0.5, 0.6) is 0 Å². The van der Waals surface area contributed by atoms with E-state index in [1.807, 2.05) is 0 Å². The van der Waals surface area contributed by atoms with Gasteiger partial charge in [0.1, 0.15) is 5.78 Å². The molecule has 8 unspecified atom stereocenters. The number of fused-ring (bicyclic) bond motifs is 5. The average molecular weight is 483 g/mol. The molecule has 4 aliphatic carbocycles. The third-order valence-corrected chi connectivity index (χ3v) is 12.2. The number of sulfonamides is 1. The summed E-state index contributed by atoms with van der Waals surface area (Å²) in [6, 6.07) is 0. The number of hydrogen-bond acceptors (Lipinski definition) is 4. The summed E-state index contributed by atoms with van der Waals surface area (Å²) in [6.45, 7) is 5.05. The van der Waals surface area contributed by atoms with E-state index in [-0.39, 0.29) is 18.0 Å². The lowest BCUT2D eigenvalue weighted by molar-refractivity contribution is -0.132. The minimum atomic E-state index is -3.14. The van der Waals surface area contributed by atoms with Gasteiger partial charge in [0.15, 0.2) is 0 Å². The van der Waals surface area contributed by atoms with Crippen molar-refractivity contribution in [2.24, 2.45) is 46.8 Å². The number of nitrogens with zero attached hydrogens (tertiary/aromatic N) is 2. The predicted molar refractivity (Wildman–Crippen MR) is 128 cm³/mol. The van der Waals surface area contributed by atoms with Crippen molar-refractivity contribution in [2.45, 2.75) is 64.7 Å². The summed E-state index contributed by atoms with van der Waals surface area (Å²) in [5.41, 5.74) is 0.135. The lowest BCUT2D eigenvalue weighted by atomic mass is 9.49. The first-order valence-electron chi connectivity index (χ1n) is 13.5. The average Bonchev–Trinajstić information content (AvgIpc) is 3.15. The molecular weight excluding hydrogens is 439 g/mol. The van der Waals surface area contributed by atoms with E-state index in [1.165, 1.54) is 49.1 Å². The van der Waals surface area contributed by atoms with Crippen LogP contribution in [0.4, 0.5) is 4.39 Å². The van der Waals surface area contributed by atoms with Crippen LogP contribution in [0.3, 0.4) is 0 Å². The Labute approximate surface area is 199 Å². The van der Waals surface area contributed by atoms with Crippen molar-refractivity contribution in [1.82, 2.24) is 9.21 Å². The standard InChI is InChI=1S/C26H43FN2O3S/c1-26-10-9-21-20-5-3-18(16-27)15-19(20)4-6-22(21)23(26)7-8-24(26)25(30)17-28-11-13-29(14-12-28)33(2,31)32/h18-24H,3-17H2,1-2H3. The summed E-state index contributed by atoms with van der Waals surface area (Å²) >= 11 is 0. The number of ketones is 1. The minimum Gasteiger partial charge on any atom is -0.298 e. The Morgan fingerprint density at radius 2 is 1.67 bits per heavy atom. The maximum absolute atomic E-state index is 13.5. The van der Waals surface area contributed by atoms with Crippen molar-refractivity contribution >= 4 is 15.8 Å². The molecule has 33 heavy (non-hydrogen) atoms. The number of piperazine rings is 1. The van der Waals surface area contributed by atoms with E-state index in [9.17, 15) is 17.6 Å². The molecule has 0 spiro atoms. The molecule has 5 nitrogen and oxygen atoms in total. The van der Waals surface area contributed by atoms with E-state index in [0.29, 0.717) is 50.3 Å². The van der Waals surface area contributed by atoms with Crippen molar-refractivity contribution in [3.8, 4) is 0 Å². The molecule has 5 aliphatic rings. The van der Waals surface area contributed by atoms with E-state index >= 15 is 0 Å². The Balaban J connectivity index is 1.21. The van der Waals surface area contributed by atoms with E-state index in [1.54, 1.807) is 0 Å². The SMILES string of the molecule is CC12CCC3C4CCC(CF)CC4CCC3C1CCC2C(=O)CN1CCN(S(C)(=O)=O)CC1. The summed E-state index contributed by atoms with van der Waals surface area (Å²) < 4.78 is 38.4. The van der Waals surface area contributed by atoms with Gasteiger partial charge >= 0.3 is 0 Å². The lowest BCUT2D eigenvalue weighted by Gasteiger charge is -2.56. The van der Waals surface area contributed by atoms with E-state index < -0.39 is 10.0 Å². The monoisotopic (exact) mass is 482 g/mol. The molecule has 0 aromatic rings. The Kier molecular flexibility index (Phi) is 6.71. The van der Waals surface area contributed by atoms with Gasteiger partial charge in [-0.3, -0.25) is 14.1 Å². The van der Waals surface area contributed by atoms with Crippen LogP contribution < -0.4 is 0 Å². The van der Waals surface area contributed by atoms with Crippen LogP contribution in [0.25, 0.3) is 0 Å². The molecule has 1 saturated heterocycles. The molecule has 0 aromatic heterocycles. The van der Waals surface area contributed by atoms with Crippen molar-refractivity contribution in [2.75, 3.05) is 45.7 Å². The largest absolute Gasteiger partial charge is 0.298 e. The second-order valence-corrected chi connectivity index (χ2v) is 14.3. The second-order valence-electron chi connectivity index (χ2n) is 12.3. The van der Waals surface area contributed by atoms with Crippen molar-refractivity contribution < 1.29 is 17.6 Å². The zero-order valence-electron chi connectivity index (χ0n) is 20.6. The van der Waals surface area contributed by atoms with Gasteiger partial charge in [-0.15, -0.1) is 0 Å². The van der Waals surface area contributed by atoms with E-state index in [4.69, 9.17) is 0 Å². The first-order chi connectivity index (χ1) is 15.7. The molecule has 1 heterocycles. The fraction of sp³-hybridized carbons (Fsp3) is 0.962. The summed E-state index contributed by atoms with van der Waals surface area (Å²) in [7, 11) is -3.14. The van der Waals surface area contributed by atoms with E-state index in [0.717, 1.165) is 42.9 Å². The topological polar surface area (TPSA) is 57.7 Å². The fourth-order valence-corrected chi connectivity index (χ4v) is 10.00. The van der Waals surface area contributed by atoms with Crippen LogP contribution in [0.2, 0.25) is 0 Å². The van der Waals surface area contributed by atoms with Gasteiger partial charge in [0.25, 0.3) is 0 Å². The molecule has 5 rings (SSSR count). The summed E-state index contributed by atoms with van der Waals surface area (Å²) in [5.74, 6) is 4.66. The van der Waals surface area contributed by atoms with Crippen LogP contribution >= 0.6 is 0 Å². The lowest BCUT2D eigenvalue weighted by Crippen LogP contribution is -2.52. The normalized spacial score (nSPS) is 44.6. The highest BCUT2D eigenvalue weighted by Crippen LogP contribution is 2.64. The maximum atomic E-state index is 13.5. The quantitative estimate of drug-likeness (QED) is 0.595. The molecule has 8 atom stereocenters. The Morgan fingerprint density at radius 1 is 0.939 bits per heavy atom. The molecule has 0 N–H and O–H groups in total. The van der Waals surface area contributed by atoms with Gasteiger partial charge in [0.2, 0.25) is 10.0 Å². The van der Waals surface area contributed by atoms with Crippen LogP contribution in [-0.4, -0.2) is 69.1 Å². The van der Waals surface area contributed by atoms with E-state index in [2.05, 4.69) is 11.8 Å². The van der Waals surface area contributed by atoms with Crippen molar-refractivity contribution in [3.63, 3.8) is 0 Å². The third-order valence-electron chi connectivity index (χ3n) is 10.8. The van der Waals surface area contributed by atoms with Gasteiger partial charge in [-0.1, -0.05) is 6.92 Å². The zero-order chi connectivity index (χ0) is 23.4. The fourth-order valence-electron chi connectivity index (χ4n) is 9.17.